The van der Waals surface area contributed by atoms with E-state index in [0.29, 0.717) is 49.7 Å². The molecule has 1 aliphatic carbocycles. The number of nitro groups is 2. The van der Waals surface area contributed by atoms with E-state index in [9.17, 15) is 77.7 Å². The number of aromatic carboxylic acids is 1. The summed E-state index contributed by atoms with van der Waals surface area (Å²) in [5.41, 5.74) is -2.88. The molecular formula is C49H59ClN3O16PS. The molecule has 1 fully saturated rings. The molecule has 0 saturated heterocycles. The molecule has 1 saturated carbocycles. The molecule has 22 heteroatoms. The molecule has 0 spiro atoms. The summed E-state index contributed by atoms with van der Waals surface area (Å²) >= 11 is 5.83. The maximum absolute atomic E-state index is 13.0. The van der Waals surface area contributed by atoms with Crippen molar-refractivity contribution in [1.29, 1.82) is 0 Å². The van der Waals surface area contributed by atoms with Crippen LogP contribution < -0.4 is 14.9 Å². The number of carboxylic acid groups (broad SMARTS) is 4. The molecule has 19 nitrogen and oxygen atoms in total. The predicted molar refractivity (Wildman–Crippen MR) is 268 cm³/mol. The third-order valence-electron chi connectivity index (χ3n) is 12.4. The molecule has 0 aromatic heterocycles. The van der Waals surface area contributed by atoms with Gasteiger partial charge >= 0.3 is 23.9 Å². The van der Waals surface area contributed by atoms with Crippen LogP contribution in [0, 0.1) is 57.2 Å². The van der Waals surface area contributed by atoms with Gasteiger partial charge in [-0.3, -0.25) is 43.5 Å². The first-order chi connectivity index (χ1) is 33.0. The summed E-state index contributed by atoms with van der Waals surface area (Å²) in [4.78, 5) is 78.8. The van der Waals surface area contributed by atoms with Crippen LogP contribution in [-0.4, -0.2) is 74.0 Å². The highest BCUT2D eigenvalue weighted by molar-refractivity contribution is 7.92. The number of aliphatic carboxylic acids is 3. The molecule has 71 heavy (non-hydrogen) atoms. The van der Waals surface area contributed by atoms with Gasteiger partial charge in [-0.25, -0.2) is 13.2 Å². The first kappa shape index (κ1) is 58.8. The topological polar surface area (TPSA) is 310 Å². The number of aryl methyl sites for hydroxylation is 3. The first-order valence-corrected chi connectivity index (χ1v) is 25.8. The van der Waals surface area contributed by atoms with Crippen LogP contribution >= 0.6 is 19.0 Å². The third-order valence-corrected chi connectivity index (χ3v) is 16.5. The Morgan fingerprint density at radius 3 is 1.39 bits per heavy atom. The second-order valence-corrected chi connectivity index (χ2v) is 22.2. The second-order valence-electron chi connectivity index (χ2n) is 17.7. The number of carbonyl (C=O) groups is 4. The number of benzene rings is 4. The summed E-state index contributed by atoms with van der Waals surface area (Å²) in [7, 11) is -8.21. The molecule has 0 heterocycles. The molecule has 0 bridgehead atoms. The number of nitrogens with zero attached hydrogens (tertiary/aromatic N) is 3. The zero-order valence-corrected chi connectivity index (χ0v) is 42.6. The monoisotopic (exact) mass is 1040 g/mol. The van der Waals surface area contributed by atoms with Gasteiger partial charge in [0.05, 0.1) is 59.4 Å². The van der Waals surface area contributed by atoms with E-state index in [1.165, 1.54) is 54.6 Å². The summed E-state index contributed by atoms with van der Waals surface area (Å²) in [6.07, 6.45) is 2.71. The molecule has 4 aromatic rings. The Labute approximate surface area is 416 Å². The average Bonchev–Trinajstić information content (AvgIpc) is 3.28. The van der Waals surface area contributed by atoms with Crippen LogP contribution in [-0.2, 0) is 29.0 Å². The van der Waals surface area contributed by atoms with Gasteiger partial charge in [0.2, 0.25) is 0 Å². The number of halogens is 1. The third kappa shape index (κ3) is 13.7. The Morgan fingerprint density at radius 1 is 0.690 bits per heavy atom. The fraction of sp³-hybridized carbons (Fsp3) is 0.388. The smallest absolute Gasteiger partial charge is 0.337 e. The average molecular weight is 1040 g/mol. The van der Waals surface area contributed by atoms with Gasteiger partial charge in [-0.2, -0.15) is 0 Å². The lowest BCUT2D eigenvalue weighted by Gasteiger charge is -2.51. The fourth-order valence-electron chi connectivity index (χ4n) is 9.24. The van der Waals surface area contributed by atoms with Crippen molar-refractivity contribution in [2.75, 3.05) is 10.8 Å². The molecule has 0 amide bonds. The number of rotatable bonds is 19. The molecule has 5 N–H and O–H groups in total. The fourth-order valence-corrected chi connectivity index (χ4v) is 12.9. The van der Waals surface area contributed by atoms with E-state index in [1.54, 1.807) is 32.0 Å². The Morgan fingerprint density at radius 2 is 1.07 bits per heavy atom. The first-order valence-electron chi connectivity index (χ1n) is 22.3. The zero-order chi connectivity index (χ0) is 53.9. The van der Waals surface area contributed by atoms with Crippen LogP contribution in [0.1, 0.15) is 106 Å². The number of sulfonamides is 1. The molecule has 5 rings (SSSR count). The Hall–Kier alpha value is -6.47. The maximum Gasteiger partial charge on any atom is 0.337 e. The van der Waals surface area contributed by atoms with Crippen LogP contribution in [0.5, 0.6) is 0 Å². The molecule has 4 aromatic carbocycles. The number of hydrogen-bond donors (Lipinski definition) is 5. The number of non-ortho nitro benzene ring substituents is 2. The molecule has 1 aliphatic rings. The molecular weight excluding hydrogens is 985 g/mol. The number of hydrogen-bond acceptors (Lipinski definition) is 11. The highest BCUT2D eigenvalue weighted by Gasteiger charge is 2.62. The molecule has 384 valence electrons. The van der Waals surface area contributed by atoms with Crippen LogP contribution in [0.15, 0.2) is 101 Å². The molecule has 0 atom stereocenters. The molecule has 0 unspecified atom stereocenters. The Balaban J connectivity index is 0.000000282. The highest BCUT2D eigenvalue weighted by atomic mass is 35.5. The molecule has 0 radical (unpaired) electrons. The van der Waals surface area contributed by atoms with Crippen molar-refractivity contribution in [2.24, 2.45) is 16.2 Å². The van der Waals surface area contributed by atoms with E-state index in [2.05, 4.69) is 6.58 Å². The second kappa shape index (κ2) is 24.1. The van der Waals surface area contributed by atoms with Crippen molar-refractivity contribution in [3.05, 3.63) is 139 Å². The minimum Gasteiger partial charge on any atom is -0.481 e. The van der Waals surface area contributed by atoms with Gasteiger partial charge in [-0.15, -0.1) is 0 Å². The van der Waals surface area contributed by atoms with Gasteiger partial charge in [0.25, 0.3) is 28.8 Å². The van der Waals surface area contributed by atoms with Crippen molar-refractivity contribution in [1.82, 2.24) is 0 Å². The Bertz CT molecular complexity index is 2690. The van der Waals surface area contributed by atoms with Crippen LogP contribution in [0.2, 0.25) is 0 Å². The number of nitro benzene ring substituents is 2. The minimum atomic E-state index is -4.21. The van der Waals surface area contributed by atoms with E-state index >= 15 is 0 Å². The number of para-hydroxylation sites is 1. The van der Waals surface area contributed by atoms with Crippen molar-refractivity contribution in [3.8, 4) is 0 Å². The largest absolute Gasteiger partial charge is 0.481 e. The van der Waals surface area contributed by atoms with E-state index in [4.69, 9.17) is 11.6 Å². The van der Waals surface area contributed by atoms with Crippen LogP contribution in [0.4, 0.5) is 17.1 Å². The van der Waals surface area contributed by atoms with Crippen molar-refractivity contribution in [3.63, 3.8) is 0 Å². The van der Waals surface area contributed by atoms with Gasteiger partial charge in [-0.05, 0) is 94.7 Å². The van der Waals surface area contributed by atoms with Gasteiger partial charge in [0.1, 0.15) is 0 Å². The number of anilines is 1. The van der Waals surface area contributed by atoms with Crippen molar-refractivity contribution >= 4 is 80.5 Å². The summed E-state index contributed by atoms with van der Waals surface area (Å²) in [6.45, 7) is 13.8. The zero-order valence-electron chi connectivity index (χ0n) is 40.2. The van der Waals surface area contributed by atoms with E-state index in [-0.39, 0.29) is 69.0 Å². The van der Waals surface area contributed by atoms with E-state index < -0.39 is 67.4 Å². The SMILES string of the molecule is C=C(Cl)CN(c1ccccc1C(=O)O)S(=O)(=O)c1ccc(C)cc1.CCCC1(C(=O)O)CC(CCC)(C(=O)O)CC(CCC)(C(=O)O)C1.Cc1ccc([N+](=O)[O-])cc1P(=O)(O)c1cc([N+](=O)[O-])ccc1C. The van der Waals surface area contributed by atoms with Crippen molar-refractivity contribution in [2.45, 2.75) is 104 Å². The van der Waals surface area contributed by atoms with E-state index in [0.717, 1.165) is 22.0 Å². The van der Waals surface area contributed by atoms with Gasteiger partial charge < -0.3 is 25.3 Å². The maximum atomic E-state index is 13.0. The normalized spacial score (nSPS) is 18.6. The summed E-state index contributed by atoms with van der Waals surface area (Å²) in [5.74, 6) is -4.41. The van der Waals surface area contributed by atoms with Crippen LogP contribution in [0.3, 0.4) is 0 Å². The van der Waals surface area contributed by atoms with Gasteiger partial charge in [-0.1, -0.05) is 100 Å². The molecule has 0 aliphatic heterocycles. The Kier molecular flexibility index (Phi) is 20.0. The van der Waals surface area contributed by atoms with Crippen LogP contribution in [0.25, 0.3) is 0 Å². The summed E-state index contributed by atoms with van der Waals surface area (Å²) in [6, 6.07) is 19.4. The predicted octanol–water partition coefficient (Wildman–Crippen LogP) is 9.77. The summed E-state index contributed by atoms with van der Waals surface area (Å²) in [5, 5.41) is 60.7. The quantitative estimate of drug-likeness (QED) is 0.0331. The minimum absolute atomic E-state index is 0.0189. The standard InChI is InChI=1S/C18H30O6.C17H16ClNO4S.C14H13N2O6P/c1-4-7-16(13(19)20)10-17(8-5-2,14(21)22)12-18(11-16,9-6-3)15(23)24;1-12-7-9-14(10-8-12)24(22,23)19(11-13(2)18)16-6-4-3-5-15(16)17(20)21;1-9-3-5-11(15(17)18)7-13(9)23(21,22)14-8-12(16(19)20)6-4-10(14)2/h4-12H2,1-3H3,(H,19,20)(H,21,22)(H,23,24);3-10H,2,11H2,1H3,(H,20,21);3-8H,1-2H3,(H,21,22). The lowest BCUT2D eigenvalue weighted by atomic mass is 9.50. The van der Waals surface area contributed by atoms with Crippen molar-refractivity contribution < 1.29 is 67.3 Å². The van der Waals surface area contributed by atoms with Gasteiger partial charge in [0, 0.05) is 29.3 Å². The lowest BCUT2D eigenvalue weighted by molar-refractivity contribution is -0.384. The highest BCUT2D eigenvalue weighted by Crippen LogP contribution is 2.60. The lowest BCUT2D eigenvalue weighted by Crippen LogP contribution is -2.55. The summed E-state index contributed by atoms with van der Waals surface area (Å²) < 4.78 is 39.8. The van der Waals surface area contributed by atoms with Gasteiger partial charge in [0.15, 0.2) is 0 Å². The van der Waals surface area contributed by atoms with E-state index in [1.807, 2.05) is 27.7 Å². The number of carboxylic acids is 4.